The Morgan fingerprint density at radius 2 is 1.90 bits per heavy atom. The minimum atomic E-state index is -4.18. The molecule has 0 heterocycles. The molecule has 1 fully saturated rings. The summed E-state index contributed by atoms with van der Waals surface area (Å²) in [6.07, 6.45) is -1.71. The fraction of sp³-hybridized carbons (Fsp3) is 0.625. The molecule has 2 N–H and O–H groups in total. The summed E-state index contributed by atoms with van der Waals surface area (Å²) in [5, 5.41) is 0. The van der Waals surface area contributed by atoms with Crippen LogP contribution in [-0.4, -0.2) is 12.2 Å². The molecule has 0 saturated heterocycles. The minimum Gasteiger partial charge on any atom is -0.327 e. The van der Waals surface area contributed by atoms with Gasteiger partial charge in [-0.1, -0.05) is 18.9 Å². The van der Waals surface area contributed by atoms with E-state index in [9.17, 15) is 17.6 Å². The molecule has 0 spiro atoms. The Morgan fingerprint density at radius 1 is 1.24 bits per heavy atom. The lowest BCUT2D eigenvalue weighted by molar-refractivity contribution is -0.198. The van der Waals surface area contributed by atoms with Crippen molar-refractivity contribution in [2.75, 3.05) is 0 Å². The molecule has 1 aromatic carbocycles. The first-order chi connectivity index (χ1) is 9.79. The Morgan fingerprint density at radius 3 is 2.52 bits per heavy atom. The van der Waals surface area contributed by atoms with E-state index in [2.05, 4.69) is 0 Å². The summed E-state index contributed by atoms with van der Waals surface area (Å²) in [6, 6.07) is 3.80. The van der Waals surface area contributed by atoms with Gasteiger partial charge >= 0.3 is 6.18 Å². The summed E-state index contributed by atoms with van der Waals surface area (Å²) in [5.74, 6) is -2.18. The molecule has 1 aliphatic rings. The lowest BCUT2D eigenvalue weighted by Gasteiger charge is -2.36. The largest absolute Gasteiger partial charge is 0.392 e. The lowest BCUT2D eigenvalue weighted by atomic mass is 9.73. The molecule has 1 nitrogen and oxygen atoms in total. The summed E-state index contributed by atoms with van der Waals surface area (Å²) < 4.78 is 52.4. The summed E-state index contributed by atoms with van der Waals surface area (Å²) in [6.45, 7) is 1.76. The Labute approximate surface area is 122 Å². The van der Waals surface area contributed by atoms with Crippen molar-refractivity contribution in [1.29, 1.82) is 0 Å². The van der Waals surface area contributed by atoms with Crippen molar-refractivity contribution < 1.29 is 17.6 Å². The van der Waals surface area contributed by atoms with E-state index in [4.69, 9.17) is 5.73 Å². The minimum absolute atomic E-state index is 0.171. The highest BCUT2D eigenvalue weighted by Gasteiger charge is 2.47. The SMILES string of the molecule is Cc1cc(F)ccc1CC(N)C1CCCCC1C(F)(F)F. The summed E-state index contributed by atoms with van der Waals surface area (Å²) in [5.41, 5.74) is 7.65. The van der Waals surface area contributed by atoms with Crippen molar-refractivity contribution in [3.8, 4) is 0 Å². The van der Waals surface area contributed by atoms with Gasteiger partial charge in [-0.05, 0) is 55.4 Å². The van der Waals surface area contributed by atoms with E-state index < -0.39 is 24.1 Å². The maximum Gasteiger partial charge on any atom is 0.392 e. The molecule has 3 unspecified atom stereocenters. The molecular formula is C16H21F4N. The number of rotatable bonds is 3. The number of aryl methyl sites for hydroxylation is 1. The average molecular weight is 303 g/mol. The van der Waals surface area contributed by atoms with Gasteiger partial charge in [0.1, 0.15) is 5.82 Å². The number of benzene rings is 1. The van der Waals surface area contributed by atoms with Gasteiger partial charge in [-0.2, -0.15) is 13.2 Å². The van der Waals surface area contributed by atoms with Crippen LogP contribution in [0.2, 0.25) is 0 Å². The van der Waals surface area contributed by atoms with E-state index in [1.807, 2.05) is 0 Å². The third kappa shape index (κ3) is 3.96. The molecule has 3 atom stereocenters. The third-order valence-electron chi connectivity index (χ3n) is 4.55. The first-order valence-electron chi connectivity index (χ1n) is 7.36. The van der Waals surface area contributed by atoms with Crippen molar-refractivity contribution >= 4 is 0 Å². The van der Waals surface area contributed by atoms with Crippen LogP contribution in [0.5, 0.6) is 0 Å². The molecule has 118 valence electrons. The van der Waals surface area contributed by atoms with Gasteiger partial charge in [0.25, 0.3) is 0 Å². The summed E-state index contributed by atoms with van der Waals surface area (Å²) >= 11 is 0. The van der Waals surface area contributed by atoms with Crippen LogP contribution in [0.3, 0.4) is 0 Å². The van der Waals surface area contributed by atoms with E-state index in [0.29, 0.717) is 19.3 Å². The number of hydrogen-bond donors (Lipinski definition) is 1. The lowest BCUT2D eigenvalue weighted by Crippen LogP contribution is -2.44. The number of hydrogen-bond acceptors (Lipinski definition) is 1. The van der Waals surface area contributed by atoms with Crippen LogP contribution in [0.4, 0.5) is 17.6 Å². The molecule has 1 saturated carbocycles. The third-order valence-corrected chi connectivity index (χ3v) is 4.55. The normalized spacial score (nSPS) is 24.9. The molecule has 0 amide bonds. The predicted octanol–water partition coefficient (Wildman–Crippen LogP) is 4.37. The van der Waals surface area contributed by atoms with Gasteiger partial charge in [-0.3, -0.25) is 0 Å². The zero-order valence-electron chi connectivity index (χ0n) is 12.1. The highest BCUT2D eigenvalue weighted by atomic mass is 19.4. The number of halogens is 4. The van der Waals surface area contributed by atoms with Crippen molar-refractivity contribution in [2.24, 2.45) is 17.6 Å². The van der Waals surface area contributed by atoms with E-state index in [-0.39, 0.29) is 12.2 Å². The van der Waals surface area contributed by atoms with Crippen LogP contribution in [0.25, 0.3) is 0 Å². The van der Waals surface area contributed by atoms with Gasteiger partial charge in [-0.15, -0.1) is 0 Å². The topological polar surface area (TPSA) is 26.0 Å². The zero-order valence-corrected chi connectivity index (χ0v) is 12.1. The molecule has 21 heavy (non-hydrogen) atoms. The summed E-state index contributed by atoms with van der Waals surface area (Å²) in [7, 11) is 0. The molecule has 1 aromatic rings. The monoisotopic (exact) mass is 303 g/mol. The Kier molecular flexibility index (Phi) is 4.91. The second-order valence-corrected chi connectivity index (χ2v) is 6.04. The van der Waals surface area contributed by atoms with Crippen molar-refractivity contribution in [1.82, 2.24) is 0 Å². The van der Waals surface area contributed by atoms with E-state index in [1.54, 1.807) is 13.0 Å². The Hall–Kier alpha value is -1.10. The van der Waals surface area contributed by atoms with Crippen LogP contribution in [-0.2, 0) is 6.42 Å². The van der Waals surface area contributed by atoms with Gasteiger partial charge in [0, 0.05) is 6.04 Å². The van der Waals surface area contributed by atoms with Gasteiger partial charge in [0.2, 0.25) is 0 Å². The fourth-order valence-corrected chi connectivity index (χ4v) is 3.37. The quantitative estimate of drug-likeness (QED) is 0.824. The smallest absolute Gasteiger partial charge is 0.327 e. The highest BCUT2D eigenvalue weighted by Crippen LogP contribution is 2.43. The molecule has 2 rings (SSSR count). The van der Waals surface area contributed by atoms with E-state index >= 15 is 0 Å². The fourth-order valence-electron chi connectivity index (χ4n) is 3.37. The molecule has 0 bridgehead atoms. The van der Waals surface area contributed by atoms with Crippen LogP contribution in [0.15, 0.2) is 18.2 Å². The maximum absolute atomic E-state index is 13.1. The van der Waals surface area contributed by atoms with Crippen LogP contribution >= 0.6 is 0 Å². The second-order valence-electron chi connectivity index (χ2n) is 6.04. The van der Waals surface area contributed by atoms with Crippen LogP contribution in [0.1, 0.15) is 36.8 Å². The molecule has 5 heteroatoms. The van der Waals surface area contributed by atoms with Gasteiger partial charge in [-0.25, -0.2) is 4.39 Å². The molecular weight excluding hydrogens is 282 g/mol. The van der Waals surface area contributed by atoms with Crippen molar-refractivity contribution in [3.63, 3.8) is 0 Å². The second kappa shape index (κ2) is 6.34. The van der Waals surface area contributed by atoms with E-state index in [0.717, 1.165) is 17.5 Å². The molecule has 0 aromatic heterocycles. The first-order valence-corrected chi connectivity index (χ1v) is 7.36. The first kappa shape index (κ1) is 16.3. The molecule has 1 aliphatic carbocycles. The standard InChI is InChI=1S/C16H21F4N/c1-10-8-12(17)7-6-11(10)9-15(21)13-4-2-3-5-14(13)16(18,19)20/h6-8,13-15H,2-5,9,21H2,1H3. The highest BCUT2D eigenvalue weighted by molar-refractivity contribution is 5.27. The number of alkyl halides is 3. The molecule has 0 radical (unpaired) electrons. The van der Waals surface area contributed by atoms with Gasteiger partial charge < -0.3 is 5.73 Å². The van der Waals surface area contributed by atoms with Crippen LogP contribution in [0, 0.1) is 24.6 Å². The Balaban J connectivity index is 2.12. The number of nitrogens with two attached hydrogens (primary N) is 1. The van der Waals surface area contributed by atoms with Crippen molar-refractivity contribution in [3.05, 3.63) is 35.1 Å². The zero-order chi connectivity index (χ0) is 15.6. The molecule has 0 aliphatic heterocycles. The van der Waals surface area contributed by atoms with Gasteiger partial charge in [0.05, 0.1) is 5.92 Å². The summed E-state index contributed by atoms with van der Waals surface area (Å²) in [4.78, 5) is 0. The van der Waals surface area contributed by atoms with Crippen molar-refractivity contribution in [2.45, 2.75) is 51.2 Å². The average Bonchev–Trinajstić information content (AvgIpc) is 2.41. The predicted molar refractivity (Wildman–Crippen MR) is 74.3 cm³/mol. The van der Waals surface area contributed by atoms with Crippen LogP contribution < -0.4 is 5.73 Å². The Bertz CT molecular complexity index is 484. The van der Waals surface area contributed by atoms with E-state index in [1.165, 1.54) is 12.1 Å². The maximum atomic E-state index is 13.1. The van der Waals surface area contributed by atoms with Gasteiger partial charge in [0.15, 0.2) is 0 Å².